The first-order valence-corrected chi connectivity index (χ1v) is 5.43. The minimum atomic E-state index is -0.458. The summed E-state index contributed by atoms with van der Waals surface area (Å²) in [5, 5.41) is 8.56. The van der Waals surface area contributed by atoms with E-state index >= 15 is 0 Å². The van der Waals surface area contributed by atoms with Crippen LogP contribution in [0.2, 0.25) is 0 Å². The lowest BCUT2D eigenvalue weighted by atomic mass is 10.2. The highest BCUT2D eigenvalue weighted by Crippen LogP contribution is 2.17. The van der Waals surface area contributed by atoms with E-state index in [0.717, 1.165) is 0 Å². The summed E-state index contributed by atoms with van der Waals surface area (Å²) >= 11 is 0. The van der Waals surface area contributed by atoms with Gasteiger partial charge in [-0.05, 0) is 18.2 Å². The van der Waals surface area contributed by atoms with Crippen LogP contribution in [0.1, 0.15) is 23.7 Å². The minimum absolute atomic E-state index is 0.174. The third-order valence-corrected chi connectivity index (χ3v) is 2.41. The monoisotopic (exact) mass is 246 g/mol. The first-order chi connectivity index (χ1) is 8.60. The Morgan fingerprint density at radius 2 is 2.17 bits per heavy atom. The number of benzene rings is 1. The van der Waals surface area contributed by atoms with Gasteiger partial charge in [0.25, 0.3) is 0 Å². The zero-order valence-electron chi connectivity index (χ0n) is 10.3. The number of carbonyl (C=O) groups excluding carboxylic acids is 2. The molecule has 0 aromatic heterocycles. The predicted octanol–water partition coefficient (Wildman–Crippen LogP) is 1.74. The number of methoxy groups -OCH3 is 1. The number of hydrogen-bond acceptors (Lipinski definition) is 4. The van der Waals surface area contributed by atoms with Crippen molar-refractivity contribution in [2.75, 3.05) is 18.6 Å². The summed E-state index contributed by atoms with van der Waals surface area (Å²) in [4.78, 5) is 24.3. The molecule has 0 spiro atoms. The molecule has 0 aliphatic heterocycles. The van der Waals surface area contributed by atoms with Gasteiger partial charge in [-0.2, -0.15) is 5.26 Å². The molecule has 94 valence electrons. The third kappa shape index (κ3) is 3.32. The van der Waals surface area contributed by atoms with E-state index in [1.165, 1.54) is 18.9 Å². The van der Waals surface area contributed by atoms with E-state index in [1.807, 2.05) is 6.07 Å². The number of ether oxygens (including phenoxy) is 1. The Hall–Kier alpha value is -2.35. The molecule has 1 aromatic rings. The van der Waals surface area contributed by atoms with Crippen molar-refractivity contribution in [1.82, 2.24) is 0 Å². The second-order valence-corrected chi connectivity index (χ2v) is 3.62. The summed E-state index contributed by atoms with van der Waals surface area (Å²) in [5.74, 6) is -0.632. The van der Waals surface area contributed by atoms with Crippen molar-refractivity contribution in [3.8, 4) is 6.07 Å². The van der Waals surface area contributed by atoms with E-state index in [0.29, 0.717) is 17.8 Å². The molecule has 1 amide bonds. The number of hydrogen-bond donors (Lipinski definition) is 0. The van der Waals surface area contributed by atoms with Crippen LogP contribution in [0, 0.1) is 11.3 Å². The summed E-state index contributed by atoms with van der Waals surface area (Å²) < 4.78 is 4.62. The summed E-state index contributed by atoms with van der Waals surface area (Å²) in [7, 11) is 1.30. The van der Waals surface area contributed by atoms with Crippen LogP contribution in [0.25, 0.3) is 0 Å². The van der Waals surface area contributed by atoms with Gasteiger partial charge in [-0.3, -0.25) is 4.79 Å². The fraction of sp³-hybridized carbons (Fsp3) is 0.308. The molecule has 0 saturated carbocycles. The van der Waals surface area contributed by atoms with Crippen LogP contribution in [0.4, 0.5) is 5.69 Å². The highest BCUT2D eigenvalue weighted by atomic mass is 16.5. The number of amides is 1. The van der Waals surface area contributed by atoms with Gasteiger partial charge in [0.05, 0.1) is 25.2 Å². The normalized spacial score (nSPS) is 9.39. The molecule has 0 heterocycles. The smallest absolute Gasteiger partial charge is 0.337 e. The van der Waals surface area contributed by atoms with Gasteiger partial charge in [0, 0.05) is 19.2 Å². The van der Waals surface area contributed by atoms with E-state index in [2.05, 4.69) is 4.74 Å². The molecule has 0 aliphatic carbocycles. The number of nitriles is 1. The predicted molar refractivity (Wildman–Crippen MR) is 66.0 cm³/mol. The van der Waals surface area contributed by atoms with Crippen molar-refractivity contribution in [3.05, 3.63) is 29.8 Å². The highest BCUT2D eigenvalue weighted by Gasteiger charge is 2.13. The Kier molecular flexibility index (Phi) is 4.88. The molecular weight excluding hydrogens is 232 g/mol. The molecule has 5 heteroatoms. The van der Waals surface area contributed by atoms with E-state index in [4.69, 9.17) is 5.26 Å². The number of anilines is 1. The van der Waals surface area contributed by atoms with Gasteiger partial charge in [0.2, 0.25) is 5.91 Å². The van der Waals surface area contributed by atoms with Crippen molar-refractivity contribution < 1.29 is 14.3 Å². The Balaban J connectivity index is 3.02. The number of rotatable bonds is 4. The maximum Gasteiger partial charge on any atom is 0.337 e. The van der Waals surface area contributed by atoms with E-state index in [1.54, 1.807) is 24.3 Å². The van der Waals surface area contributed by atoms with Gasteiger partial charge < -0.3 is 9.64 Å². The Morgan fingerprint density at radius 1 is 1.44 bits per heavy atom. The van der Waals surface area contributed by atoms with Crippen molar-refractivity contribution in [2.24, 2.45) is 0 Å². The van der Waals surface area contributed by atoms with Gasteiger partial charge in [0.15, 0.2) is 0 Å². The van der Waals surface area contributed by atoms with Crippen molar-refractivity contribution in [1.29, 1.82) is 5.26 Å². The zero-order valence-corrected chi connectivity index (χ0v) is 10.3. The fourth-order valence-electron chi connectivity index (χ4n) is 1.55. The van der Waals surface area contributed by atoms with Crippen molar-refractivity contribution >= 4 is 17.6 Å². The standard InChI is InChI=1S/C13H14N2O3/c1-10(16)15(8-4-7-14)12-6-3-5-11(9-12)13(17)18-2/h3,5-6,9H,4,8H2,1-2H3. The summed E-state index contributed by atoms with van der Waals surface area (Å²) in [5.41, 5.74) is 0.957. The lowest BCUT2D eigenvalue weighted by Crippen LogP contribution is -2.29. The quantitative estimate of drug-likeness (QED) is 0.759. The van der Waals surface area contributed by atoms with Crippen molar-refractivity contribution in [2.45, 2.75) is 13.3 Å². The summed E-state index contributed by atoms with van der Waals surface area (Å²) in [6.07, 6.45) is 0.238. The molecule has 0 unspecified atom stereocenters. The second kappa shape index (κ2) is 6.40. The lowest BCUT2D eigenvalue weighted by molar-refractivity contribution is -0.116. The Bertz CT molecular complexity index is 491. The van der Waals surface area contributed by atoms with Crippen LogP contribution in [0.15, 0.2) is 24.3 Å². The summed E-state index contributed by atoms with van der Waals surface area (Å²) in [6, 6.07) is 8.55. The van der Waals surface area contributed by atoms with Crippen LogP contribution < -0.4 is 4.90 Å². The molecule has 0 bridgehead atoms. The molecule has 1 aromatic carbocycles. The lowest BCUT2D eigenvalue weighted by Gasteiger charge is -2.20. The van der Waals surface area contributed by atoms with Gasteiger partial charge in [0.1, 0.15) is 0 Å². The first kappa shape index (κ1) is 13.7. The van der Waals surface area contributed by atoms with Crippen LogP contribution in [0.5, 0.6) is 0 Å². The molecule has 1 rings (SSSR count). The van der Waals surface area contributed by atoms with E-state index < -0.39 is 5.97 Å². The van der Waals surface area contributed by atoms with Gasteiger partial charge >= 0.3 is 5.97 Å². The molecular formula is C13H14N2O3. The topological polar surface area (TPSA) is 70.4 Å². The molecule has 0 radical (unpaired) electrons. The van der Waals surface area contributed by atoms with Crippen LogP contribution in [-0.4, -0.2) is 25.5 Å². The molecule has 18 heavy (non-hydrogen) atoms. The van der Waals surface area contributed by atoms with E-state index in [9.17, 15) is 9.59 Å². The fourth-order valence-corrected chi connectivity index (χ4v) is 1.55. The number of esters is 1. The van der Waals surface area contributed by atoms with Crippen LogP contribution in [-0.2, 0) is 9.53 Å². The number of nitrogens with zero attached hydrogens (tertiary/aromatic N) is 2. The average molecular weight is 246 g/mol. The first-order valence-electron chi connectivity index (χ1n) is 5.43. The van der Waals surface area contributed by atoms with Gasteiger partial charge in [-0.15, -0.1) is 0 Å². The third-order valence-electron chi connectivity index (χ3n) is 2.41. The van der Waals surface area contributed by atoms with Crippen LogP contribution >= 0.6 is 0 Å². The zero-order chi connectivity index (χ0) is 13.5. The van der Waals surface area contributed by atoms with Gasteiger partial charge in [-0.1, -0.05) is 6.07 Å². The second-order valence-electron chi connectivity index (χ2n) is 3.62. The molecule has 0 fully saturated rings. The molecule has 0 atom stereocenters. The van der Waals surface area contributed by atoms with Crippen LogP contribution in [0.3, 0.4) is 0 Å². The maximum absolute atomic E-state index is 11.5. The highest BCUT2D eigenvalue weighted by molar-refractivity contribution is 5.95. The Labute approximate surface area is 106 Å². The number of carbonyl (C=O) groups is 2. The SMILES string of the molecule is COC(=O)c1cccc(N(CCC#N)C(C)=O)c1. The Morgan fingerprint density at radius 3 is 2.72 bits per heavy atom. The van der Waals surface area contributed by atoms with Crippen molar-refractivity contribution in [3.63, 3.8) is 0 Å². The molecule has 0 saturated heterocycles. The molecule has 5 nitrogen and oxygen atoms in total. The average Bonchev–Trinajstić information content (AvgIpc) is 2.38. The maximum atomic E-state index is 11.5. The molecule has 0 N–H and O–H groups in total. The molecule has 0 aliphatic rings. The largest absolute Gasteiger partial charge is 0.465 e. The summed E-state index contributed by atoms with van der Waals surface area (Å²) in [6.45, 7) is 1.72. The van der Waals surface area contributed by atoms with E-state index in [-0.39, 0.29) is 12.3 Å². The minimum Gasteiger partial charge on any atom is -0.465 e. The van der Waals surface area contributed by atoms with Gasteiger partial charge in [-0.25, -0.2) is 4.79 Å².